The summed E-state index contributed by atoms with van der Waals surface area (Å²) < 4.78 is 12.5. The highest BCUT2D eigenvalue weighted by Crippen LogP contribution is 2.37. The van der Waals surface area contributed by atoms with Crippen LogP contribution in [0.4, 0.5) is 5.69 Å². The predicted octanol–water partition coefficient (Wildman–Crippen LogP) is 5.73. The van der Waals surface area contributed by atoms with Gasteiger partial charge < -0.3 is 19.5 Å². The number of likely N-dealkylation sites (N-methyl/N-ethyl adjacent to an activating group) is 1. The van der Waals surface area contributed by atoms with Crippen molar-refractivity contribution >= 4 is 56.9 Å². The minimum atomic E-state index is -0.978. The first-order chi connectivity index (χ1) is 17.3. The highest BCUT2D eigenvalue weighted by atomic mass is 79.9. The van der Waals surface area contributed by atoms with E-state index in [1.165, 1.54) is 17.0 Å². The number of para-hydroxylation sites is 1. The largest absolute Gasteiger partial charge is 0.490 e. The van der Waals surface area contributed by atoms with Gasteiger partial charge in [0.1, 0.15) is 12.3 Å². The molecule has 1 N–H and O–H groups in total. The van der Waals surface area contributed by atoms with Crippen molar-refractivity contribution in [2.75, 3.05) is 18.6 Å². The summed E-state index contributed by atoms with van der Waals surface area (Å²) in [5.74, 6) is -0.163. The zero-order chi connectivity index (χ0) is 25.8. The fourth-order valence-electron chi connectivity index (χ4n) is 3.66. The summed E-state index contributed by atoms with van der Waals surface area (Å²) in [4.78, 5) is 27.5. The summed E-state index contributed by atoms with van der Waals surface area (Å²) in [7, 11) is 1.76. The molecule has 0 radical (unpaired) electrons. The standard InChI is InChI=1S/C27H23BrN2O5S/c1-3-34-23-14-19(13-22-25(31)30(27(36)29(22)2)20-7-5-4-6-8-20)21(28)15-24(23)35-16-17-9-11-18(12-10-17)26(32)33/h4-15H,3,16H2,1-2H3,(H,32,33)/b22-13-. The van der Waals surface area contributed by atoms with Crippen molar-refractivity contribution in [1.82, 2.24) is 4.90 Å². The first-order valence-electron chi connectivity index (χ1n) is 11.1. The average Bonchev–Trinajstić information content (AvgIpc) is 3.08. The molecule has 1 fully saturated rings. The number of amides is 1. The number of carboxylic acid groups (broad SMARTS) is 1. The fraction of sp³-hybridized carbons (Fsp3) is 0.148. The molecule has 0 unspecified atom stereocenters. The van der Waals surface area contributed by atoms with Gasteiger partial charge in [0.2, 0.25) is 0 Å². The summed E-state index contributed by atoms with van der Waals surface area (Å²) in [6.07, 6.45) is 1.76. The van der Waals surface area contributed by atoms with Crippen LogP contribution in [0.25, 0.3) is 6.08 Å². The molecule has 0 saturated carbocycles. The number of ether oxygens (including phenoxy) is 2. The minimum absolute atomic E-state index is 0.214. The monoisotopic (exact) mass is 566 g/mol. The van der Waals surface area contributed by atoms with Gasteiger partial charge >= 0.3 is 5.97 Å². The van der Waals surface area contributed by atoms with Crippen molar-refractivity contribution in [1.29, 1.82) is 0 Å². The number of halogens is 1. The van der Waals surface area contributed by atoms with Crippen LogP contribution in [-0.2, 0) is 11.4 Å². The molecular weight excluding hydrogens is 544 g/mol. The Kier molecular flexibility index (Phi) is 7.71. The van der Waals surface area contributed by atoms with E-state index >= 15 is 0 Å². The highest BCUT2D eigenvalue weighted by Gasteiger charge is 2.36. The van der Waals surface area contributed by atoms with Gasteiger partial charge in [-0.3, -0.25) is 9.69 Å². The lowest BCUT2D eigenvalue weighted by Crippen LogP contribution is -2.30. The number of carboxylic acids is 1. The molecule has 1 heterocycles. The quantitative estimate of drug-likeness (QED) is 0.275. The molecule has 1 aliphatic heterocycles. The molecule has 36 heavy (non-hydrogen) atoms. The Hall–Kier alpha value is -3.69. The Bertz CT molecular complexity index is 1340. The molecular formula is C27H23BrN2O5S. The van der Waals surface area contributed by atoms with Crippen LogP contribution in [-0.4, -0.2) is 40.6 Å². The van der Waals surface area contributed by atoms with Gasteiger partial charge in [-0.05, 0) is 72.7 Å². The van der Waals surface area contributed by atoms with E-state index < -0.39 is 5.97 Å². The zero-order valence-corrected chi connectivity index (χ0v) is 22.0. The van der Waals surface area contributed by atoms with Crippen molar-refractivity contribution in [3.05, 3.63) is 93.6 Å². The van der Waals surface area contributed by atoms with E-state index in [9.17, 15) is 9.59 Å². The van der Waals surface area contributed by atoms with E-state index in [1.54, 1.807) is 42.3 Å². The molecule has 1 saturated heterocycles. The minimum Gasteiger partial charge on any atom is -0.490 e. The number of anilines is 1. The lowest BCUT2D eigenvalue weighted by atomic mass is 10.1. The Balaban J connectivity index is 1.61. The third kappa shape index (κ3) is 5.27. The third-order valence-electron chi connectivity index (χ3n) is 5.53. The van der Waals surface area contributed by atoms with Gasteiger partial charge in [0, 0.05) is 11.5 Å². The number of carbonyl (C=O) groups excluding carboxylic acids is 1. The second-order valence-electron chi connectivity index (χ2n) is 7.89. The summed E-state index contributed by atoms with van der Waals surface area (Å²) in [6, 6.07) is 19.4. The Morgan fingerprint density at radius 3 is 2.36 bits per heavy atom. The molecule has 0 aromatic heterocycles. The van der Waals surface area contributed by atoms with E-state index in [1.807, 2.05) is 37.3 Å². The second kappa shape index (κ2) is 10.9. The first-order valence-corrected chi connectivity index (χ1v) is 12.3. The smallest absolute Gasteiger partial charge is 0.335 e. The second-order valence-corrected chi connectivity index (χ2v) is 9.11. The number of hydrogen-bond donors (Lipinski definition) is 1. The van der Waals surface area contributed by atoms with E-state index in [0.29, 0.717) is 39.1 Å². The van der Waals surface area contributed by atoms with Crippen LogP contribution in [0.1, 0.15) is 28.4 Å². The van der Waals surface area contributed by atoms with Crippen molar-refractivity contribution in [2.45, 2.75) is 13.5 Å². The number of carbonyl (C=O) groups is 2. The maximum Gasteiger partial charge on any atom is 0.335 e. The number of aromatic carboxylic acids is 1. The van der Waals surface area contributed by atoms with Crippen molar-refractivity contribution in [3.63, 3.8) is 0 Å². The Labute approximate surface area is 222 Å². The molecule has 4 rings (SSSR count). The van der Waals surface area contributed by atoms with E-state index in [2.05, 4.69) is 15.9 Å². The van der Waals surface area contributed by atoms with Crippen LogP contribution < -0.4 is 14.4 Å². The van der Waals surface area contributed by atoms with Crippen LogP contribution in [0.2, 0.25) is 0 Å². The van der Waals surface area contributed by atoms with Crippen LogP contribution in [0, 0.1) is 0 Å². The van der Waals surface area contributed by atoms with Gasteiger partial charge in [-0.15, -0.1) is 0 Å². The van der Waals surface area contributed by atoms with E-state index in [4.69, 9.17) is 26.8 Å². The van der Waals surface area contributed by atoms with Gasteiger partial charge in [0.25, 0.3) is 5.91 Å². The molecule has 3 aromatic carbocycles. The molecule has 1 aliphatic rings. The lowest BCUT2D eigenvalue weighted by molar-refractivity contribution is -0.114. The van der Waals surface area contributed by atoms with Crippen LogP contribution in [0.15, 0.2) is 76.9 Å². The summed E-state index contributed by atoms with van der Waals surface area (Å²) >= 11 is 9.13. The van der Waals surface area contributed by atoms with Crippen LogP contribution in [0.5, 0.6) is 11.5 Å². The SMILES string of the molecule is CCOc1cc(/C=C2/C(=O)N(c3ccccc3)C(=S)N2C)c(Br)cc1OCc1ccc(C(=O)O)cc1. The van der Waals surface area contributed by atoms with Gasteiger partial charge in [-0.1, -0.05) is 46.3 Å². The number of rotatable bonds is 8. The maximum atomic E-state index is 13.3. The van der Waals surface area contributed by atoms with Crippen molar-refractivity contribution in [2.24, 2.45) is 0 Å². The molecule has 0 aliphatic carbocycles. The molecule has 3 aromatic rings. The highest BCUT2D eigenvalue weighted by molar-refractivity contribution is 9.10. The summed E-state index contributed by atoms with van der Waals surface area (Å²) in [6.45, 7) is 2.53. The Morgan fingerprint density at radius 2 is 1.72 bits per heavy atom. The molecule has 7 nitrogen and oxygen atoms in total. The number of benzene rings is 3. The molecule has 0 atom stereocenters. The maximum absolute atomic E-state index is 13.3. The molecule has 0 spiro atoms. The first kappa shape index (κ1) is 25.4. The van der Waals surface area contributed by atoms with Gasteiger partial charge in [-0.25, -0.2) is 4.79 Å². The molecule has 9 heteroatoms. The third-order valence-corrected chi connectivity index (χ3v) is 6.67. The van der Waals surface area contributed by atoms with E-state index in [0.717, 1.165) is 11.1 Å². The lowest BCUT2D eigenvalue weighted by Gasteiger charge is -2.16. The topological polar surface area (TPSA) is 79.3 Å². The Morgan fingerprint density at radius 1 is 1.06 bits per heavy atom. The van der Waals surface area contributed by atoms with Crippen molar-refractivity contribution in [3.8, 4) is 11.5 Å². The van der Waals surface area contributed by atoms with Crippen molar-refractivity contribution < 1.29 is 24.2 Å². The normalized spacial score (nSPS) is 14.5. The van der Waals surface area contributed by atoms with Gasteiger partial charge in [0.05, 0.1) is 17.9 Å². The van der Waals surface area contributed by atoms with Gasteiger partial charge in [0.15, 0.2) is 16.6 Å². The van der Waals surface area contributed by atoms with Crippen LogP contribution >= 0.6 is 28.1 Å². The molecule has 1 amide bonds. The summed E-state index contributed by atoms with van der Waals surface area (Å²) in [5, 5.41) is 9.46. The zero-order valence-electron chi connectivity index (χ0n) is 19.6. The molecule has 0 bridgehead atoms. The van der Waals surface area contributed by atoms with Crippen LogP contribution in [0.3, 0.4) is 0 Å². The fourth-order valence-corrected chi connectivity index (χ4v) is 4.38. The van der Waals surface area contributed by atoms with E-state index in [-0.39, 0.29) is 18.1 Å². The van der Waals surface area contributed by atoms with Gasteiger partial charge in [-0.2, -0.15) is 0 Å². The summed E-state index contributed by atoms with van der Waals surface area (Å²) in [5.41, 5.74) is 2.89. The number of thiocarbonyl (C=S) groups is 1. The number of hydrogen-bond acceptors (Lipinski definition) is 5. The number of nitrogens with zero attached hydrogens (tertiary/aromatic N) is 2. The molecule has 184 valence electrons. The average molecular weight is 567 g/mol. The predicted molar refractivity (Wildman–Crippen MR) is 145 cm³/mol.